The molecule has 0 N–H and O–H groups in total. The van der Waals surface area contributed by atoms with Crippen LogP contribution in [-0.2, 0) is 9.31 Å². The summed E-state index contributed by atoms with van der Waals surface area (Å²) in [5.74, 6) is -0.320. The van der Waals surface area contributed by atoms with Crippen molar-refractivity contribution in [1.29, 1.82) is 0 Å². The maximum atomic E-state index is 8.16. The molecule has 1 aliphatic rings. The fourth-order valence-corrected chi connectivity index (χ4v) is 1.78. The Morgan fingerprint density at radius 3 is 2.52 bits per heavy atom. The van der Waals surface area contributed by atoms with Gasteiger partial charge < -0.3 is 9.31 Å². The van der Waals surface area contributed by atoms with Gasteiger partial charge in [-0.3, -0.25) is 4.98 Å². The Morgan fingerprint density at radius 2 is 1.90 bits per heavy atom. The van der Waals surface area contributed by atoms with Gasteiger partial charge in [0, 0.05) is 16.5 Å². The summed E-state index contributed by atoms with van der Waals surface area (Å²) in [7, 11) is -0.999. The van der Waals surface area contributed by atoms with Gasteiger partial charge in [0.2, 0.25) is 0 Å². The number of aromatic nitrogens is 4. The third kappa shape index (κ3) is 2.47. The molecule has 1 aliphatic heterocycles. The van der Waals surface area contributed by atoms with Crippen molar-refractivity contribution in [2.75, 3.05) is 0 Å². The fourth-order valence-electron chi connectivity index (χ4n) is 1.78. The largest absolute Gasteiger partial charge is 0.516 e. The molecule has 0 aromatic carbocycles. The maximum Gasteiger partial charge on any atom is 0.516 e. The lowest BCUT2D eigenvalue weighted by atomic mass is 9.85. The monoisotopic (exact) mass is 293 g/mol. The van der Waals surface area contributed by atoms with Crippen LogP contribution in [-0.4, -0.2) is 38.1 Å². The van der Waals surface area contributed by atoms with Gasteiger partial charge in [0.15, 0.2) is 5.82 Å². The van der Waals surface area contributed by atoms with Gasteiger partial charge in [0.1, 0.15) is 0 Å². The van der Waals surface area contributed by atoms with Gasteiger partial charge in [-0.25, -0.2) is 9.67 Å². The van der Waals surface area contributed by atoms with E-state index in [1.807, 2.05) is 27.7 Å². The van der Waals surface area contributed by atoms with Crippen molar-refractivity contribution < 1.29 is 18.9 Å². The van der Waals surface area contributed by atoms with Crippen LogP contribution in [0.15, 0.2) is 24.6 Å². The van der Waals surface area contributed by atoms with E-state index in [1.165, 1.54) is 0 Å². The van der Waals surface area contributed by atoms with Crippen molar-refractivity contribution in [2.45, 2.75) is 45.7 Å². The van der Waals surface area contributed by atoms with E-state index in [2.05, 4.69) is 15.1 Å². The van der Waals surface area contributed by atoms with Crippen molar-refractivity contribution in [3.63, 3.8) is 0 Å². The van der Waals surface area contributed by atoms with Crippen LogP contribution in [0, 0.1) is 6.85 Å². The molecule has 0 bridgehead atoms. The van der Waals surface area contributed by atoms with Crippen LogP contribution >= 0.6 is 0 Å². The third-order valence-corrected chi connectivity index (χ3v) is 3.71. The van der Waals surface area contributed by atoms with E-state index in [0.29, 0.717) is 0 Å². The van der Waals surface area contributed by atoms with Crippen LogP contribution in [0.5, 0.6) is 0 Å². The predicted octanol–water partition coefficient (Wildman–Crippen LogP) is 1.27. The van der Waals surface area contributed by atoms with Crippen molar-refractivity contribution in [3.05, 3.63) is 30.3 Å². The van der Waals surface area contributed by atoms with Gasteiger partial charge in [0.05, 0.1) is 34.1 Å². The number of hydrogen-bond acceptors (Lipinski definition) is 5. The minimum absolute atomic E-state index is 0.00627. The average Bonchev–Trinajstić information content (AvgIpc) is 2.94. The number of nitrogens with zero attached hydrogens (tertiary/aromatic N) is 4. The molecule has 21 heavy (non-hydrogen) atoms. The summed E-state index contributed by atoms with van der Waals surface area (Å²) in [4.78, 5) is 7.98. The summed E-state index contributed by atoms with van der Waals surface area (Å²) >= 11 is 0. The highest BCUT2D eigenvalue weighted by atomic mass is 16.7. The van der Waals surface area contributed by atoms with Crippen LogP contribution in [0.3, 0.4) is 0 Å². The maximum absolute atomic E-state index is 8.16. The SMILES string of the molecule is [2H]c1nc(-n2nc(C([2H])([2H])[2H])c([2H])c2[2H])c([2H])nc1B1OC(C)(C)C(C)(C)O1. The summed E-state index contributed by atoms with van der Waals surface area (Å²) in [6.07, 6.45) is -1.37. The average molecular weight is 293 g/mol. The van der Waals surface area contributed by atoms with Crippen LogP contribution in [0.2, 0.25) is 0 Å². The van der Waals surface area contributed by atoms with Crippen LogP contribution in [0.1, 0.15) is 43.0 Å². The van der Waals surface area contributed by atoms with E-state index in [9.17, 15) is 0 Å². The van der Waals surface area contributed by atoms with E-state index in [4.69, 9.17) is 18.9 Å². The zero-order valence-electron chi connectivity index (χ0n) is 19.2. The van der Waals surface area contributed by atoms with Gasteiger partial charge in [-0.2, -0.15) is 5.10 Å². The Hall–Kier alpha value is -1.73. The summed E-state index contributed by atoms with van der Waals surface area (Å²) in [5, 5.41) is 3.74. The molecule has 0 unspecified atom stereocenters. The summed E-state index contributed by atoms with van der Waals surface area (Å²) in [6, 6.07) is -0.595. The zero-order chi connectivity index (χ0) is 21.2. The smallest absolute Gasteiger partial charge is 0.398 e. The van der Waals surface area contributed by atoms with E-state index in [0.717, 1.165) is 4.68 Å². The molecular weight excluding hydrogens is 267 g/mol. The molecule has 6 nitrogen and oxygen atoms in total. The van der Waals surface area contributed by atoms with Gasteiger partial charge >= 0.3 is 7.12 Å². The van der Waals surface area contributed by atoms with E-state index < -0.39 is 49.3 Å². The quantitative estimate of drug-likeness (QED) is 0.780. The second kappa shape index (κ2) is 4.64. The molecule has 0 radical (unpaired) electrons. The molecule has 0 aliphatic carbocycles. The Balaban J connectivity index is 2.06. The van der Waals surface area contributed by atoms with Gasteiger partial charge in [0.25, 0.3) is 0 Å². The third-order valence-electron chi connectivity index (χ3n) is 3.71. The molecule has 3 heterocycles. The molecule has 3 rings (SSSR count). The molecule has 0 saturated carbocycles. The second-order valence-electron chi connectivity index (χ2n) is 5.74. The van der Waals surface area contributed by atoms with Crippen molar-refractivity contribution in [1.82, 2.24) is 19.7 Å². The normalized spacial score (nSPS) is 25.3. The Labute approximate surface area is 134 Å². The molecule has 7 heteroatoms. The Bertz CT molecular complexity index is 929. The highest BCUT2D eigenvalue weighted by molar-refractivity contribution is 6.61. The molecule has 1 fully saturated rings. The van der Waals surface area contributed by atoms with E-state index in [1.54, 1.807) is 0 Å². The van der Waals surface area contributed by atoms with Gasteiger partial charge in [-0.05, 0) is 40.6 Å². The lowest BCUT2D eigenvalue weighted by Crippen LogP contribution is -2.41. The topological polar surface area (TPSA) is 62.1 Å². The first-order valence-electron chi connectivity index (χ1n) is 9.93. The first-order valence-corrected chi connectivity index (χ1v) is 6.43. The molecule has 2 aromatic rings. The van der Waals surface area contributed by atoms with Crippen molar-refractivity contribution in [2.24, 2.45) is 0 Å². The number of hydrogen-bond donors (Lipinski definition) is 0. The van der Waals surface area contributed by atoms with Crippen LogP contribution in [0.25, 0.3) is 5.82 Å². The zero-order valence-corrected chi connectivity index (χ0v) is 12.2. The van der Waals surface area contributed by atoms with Gasteiger partial charge in [-0.15, -0.1) is 0 Å². The fraction of sp³-hybridized carbons (Fsp3) is 0.500. The van der Waals surface area contributed by atoms with Crippen molar-refractivity contribution >= 4 is 12.7 Å². The molecule has 0 spiro atoms. The molecule has 2 aromatic heterocycles. The molecule has 0 atom stereocenters. The number of aryl methyl sites for hydroxylation is 1. The molecule has 1 saturated heterocycles. The first-order chi connectivity index (χ1) is 12.7. The summed E-state index contributed by atoms with van der Waals surface area (Å²) < 4.78 is 66.6. The lowest BCUT2D eigenvalue weighted by molar-refractivity contribution is 0.00578. The Morgan fingerprint density at radius 1 is 1.19 bits per heavy atom. The van der Waals surface area contributed by atoms with Crippen LogP contribution in [0.4, 0.5) is 0 Å². The molecule has 110 valence electrons. The lowest BCUT2D eigenvalue weighted by Gasteiger charge is -2.32. The highest BCUT2D eigenvalue weighted by Gasteiger charge is 2.52. The predicted molar refractivity (Wildman–Crippen MR) is 79.6 cm³/mol. The summed E-state index contributed by atoms with van der Waals surface area (Å²) in [5.41, 5.74) is -1.93. The first kappa shape index (κ1) is 8.05. The highest BCUT2D eigenvalue weighted by Crippen LogP contribution is 2.36. The van der Waals surface area contributed by atoms with Gasteiger partial charge in [-0.1, -0.05) is 0 Å². The van der Waals surface area contributed by atoms with Crippen LogP contribution < -0.4 is 5.59 Å². The standard InChI is InChI=1S/C14H19BN4O2/c1-10-6-7-19(18-10)12-9-16-11(8-17-12)15-20-13(2,3)14(4,5)21-15/h6-9H,1-5H3/i1D3,6D,7D,8D,9D. The minimum Gasteiger partial charge on any atom is -0.398 e. The second-order valence-corrected chi connectivity index (χ2v) is 5.74. The van der Waals surface area contributed by atoms with Crippen molar-refractivity contribution in [3.8, 4) is 5.82 Å². The van der Waals surface area contributed by atoms with E-state index >= 15 is 0 Å². The Kier molecular flexibility index (Phi) is 1.78. The summed E-state index contributed by atoms with van der Waals surface area (Å²) in [6.45, 7) is 4.65. The number of rotatable bonds is 2. The molecular formula is C14H19BN4O2. The van der Waals surface area contributed by atoms with E-state index in [-0.39, 0.29) is 17.6 Å². The minimum atomic E-state index is -2.69. The molecule has 0 amide bonds.